The van der Waals surface area contributed by atoms with Crippen molar-refractivity contribution >= 4 is 48.8 Å². The van der Waals surface area contributed by atoms with Crippen molar-refractivity contribution in [2.24, 2.45) is 0 Å². The highest BCUT2D eigenvalue weighted by Gasteiger charge is 2.34. The molecule has 0 amide bonds. The topological polar surface area (TPSA) is 81.7 Å². The minimum atomic E-state index is -5.15. The van der Waals surface area contributed by atoms with Crippen molar-refractivity contribution in [3.8, 4) is 21.9 Å². The van der Waals surface area contributed by atoms with Gasteiger partial charge in [0.1, 0.15) is 4.90 Å². The first-order valence-corrected chi connectivity index (χ1v) is 13.8. The molecule has 210 valence electrons. The molecule has 0 aliphatic rings. The van der Waals surface area contributed by atoms with E-state index in [0.29, 0.717) is 16.5 Å². The van der Waals surface area contributed by atoms with Crippen LogP contribution in [0, 0.1) is 17.5 Å². The van der Waals surface area contributed by atoms with Gasteiger partial charge in [-0.2, -0.15) is 4.39 Å². The van der Waals surface area contributed by atoms with Gasteiger partial charge in [0.05, 0.1) is 17.6 Å². The molecule has 0 atom stereocenters. The summed E-state index contributed by atoms with van der Waals surface area (Å²) in [6.07, 6.45) is -5.15. The van der Waals surface area contributed by atoms with Crippen molar-refractivity contribution in [2.75, 3.05) is 11.8 Å². The second kappa shape index (κ2) is 11.1. The number of sulfonamides is 1. The Morgan fingerprint density at radius 3 is 2.38 bits per heavy atom. The molecule has 15 heteroatoms. The van der Waals surface area contributed by atoms with Crippen LogP contribution in [0.15, 0.2) is 70.0 Å². The van der Waals surface area contributed by atoms with Crippen LogP contribution in [-0.4, -0.2) is 27.7 Å². The van der Waals surface area contributed by atoms with E-state index in [-0.39, 0.29) is 15.0 Å². The Kier molecular flexibility index (Phi) is 8.19. The summed E-state index contributed by atoms with van der Waals surface area (Å²) in [5, 5.41) is 0. The third kappa shape index (κ3) is 6.26. The van der Waals surface area contributed by atoms with E-state index in [0.717, 1.165) is 30.6 Å². The van der Waals surface area contributed by atoms with Crippen LogP contribution in [0.25, 0.3) is 10.4 Å². The van der Waals surface area contributed by atoms with Crippen molar-refractivity contribution < 1.29 is 49.0 Å². The smallest absolute Gasteiger partial charge is 0.491 e. The molecular weight excluding hydrogens is 652 g/mol. The number of benzene rings is 3. The molecular formula is C25H14BrF6NO5S2. The highest BCUT2D eigenvalue weighted by molar-refractivity contribution is 9.10. The maximum absolute atomic E-state index is 14.6. The number of anilines is 1. The number of rotatable bonds is 8. The molecule has 0 aliphatic heterocycles. The van der Waals surface area contributed by atoms with Crippen LogP contribution in [0.4, 0.5) is 32.0 Å². The van der Waals surface area contributed by atoms with Gasteiger partial charge in [0.15, 0.2) is 23.1 Å². The van der Waals surface area contributed by atoms with E-state index in [2.05, 4.69) is 30.1 Å². The number of thiophene rings is 1. The second-order valence-corrected chi connectivity index (χ2v) is 11.5. The number of carbonyl (C=O) groups excluding carboxylic acids is 1. The minimum absolute atomic E-state index is 0.0314. The Labute approximate surface area is 235 Å². The van der Waals surface area contributed by atoms with Crippen molar-refractivity contribution in [1.82, 2.24) is 0 Å². The standard InChI is InChI=1S/C25H14BrF6NO5S2/c1-37-24-21(28)15(11-16(27)22(24)29)23(34)19-7-6-18(39-19)12-3-2-4-14(9-12)33-40(35,36)20-8-5-13(26)10-17(20)38-25(30,31)32/h2-11,33H,1H3. The maximum atomic E-state index is 14.6. The first-order valence-electron chi connectivity index (χ1n) is 10.7. The van der Waals surface area contributed by atoms with Gasteiger partial charge in [-0.15, -0.1) is 24.5 Å². The Bertz CT molecular complexity index is 1720. The summed E-state index contributed by atoms with van der Waals surface area (Å²) in [7, 11) is -3.64. The normalized spacial score (nSPS) is 11.8. The Hall–Kier alpha value is -3.56. The fourth-order valence-corrected chi connectivity index (χ4v) is 5.98. The average Bonchev–Trinajstić information content (AvgIpc) is 3.35. The van der Waals surface area contributed by atoms with Crippen molar-refractivity contribution in [2.45, 2.75) is 11.3 Å². The maximum Gasteiger partial charge on any atom is 0.573 e. The van der Waals surface area contributed by atoms with Gasteiger partial charge in [0.2, 0.25) is 11.6 Å². The van der Waals surface area contributed by atoms with E-state index >= 15 is 0 Å². The van der Waals surface area contributed by atoms with E-state index in [1.807, 2.05) is 0 Å². The van der Waals surface area contributed by atoms with Crippen LogP contribution < -0.4 is 14.2 Å². The fraction of sp³-hybridized carbons (Fsp3) is 0.0800. The zero-order valence-electron chi connectivity index (χ0n) is 19.8. The predicted octanol–water partition coefficient (Wildman–Crippen LogP) is 7.53. The number of ketones is 1. The van der Waals surface area contributed by atoms with E-state index in [1.54, 1.807) is 6.07 Å². The molecule has 1 aromatic heterocycles. The molecule has 40 heavy (non-hydrogen) atoms. The molecule has 1 heterocycles. The van der Waals surface area contributed by atoms with Gasteiger partial charge in [-0.25, -0.2) is 17.2 Å². The summed E-state index contributed by atoms with van der Waals surface area (Å²) in [6, 6.07) is 11.9. The van der Waals surface area contributed by atoms with Crippen molar-refractivity contribution in [3.05, 3.63) is 93.0 Å². The lowest BCUT2D eigenvalue weighted by Gasteiger charge is -2.15. The van der Waals surface area contributed by atoms with Crippen LogP contribution >= 0.6 is 27.3 Å². The fourth-order valence-electron chi connectivity index (χ4n) is 3.53. The number of halogens is 7. The van der Waals surface area contributed by atoms with Crippen LogP contribution in [0.1, 0.15) is 15.2 Å². The van der Waals surface area contributed by atoms with Gasteiger partial charge in [-0.1, -0.05) is 28.1 Å². The Morgan fingerprint density at radius 1 is 0.975 bits per heavy atom. The van der Waals surface area contributed by atoms with E-state index in [4.69, 9.17) is 0 Å². The number of nitrogens with one attached hydrogen (secondary N) is 1. The molecule has 3 aromatic carbocycles. The largest absolute Gasteiger partial charge is 0.573 e. The van der Waals surface area contributed by atoms with Gasteiger partial charge in [-0.05, 0) is 54.1 Å². The average molecular weight is 666 g/mol. The summed E-state index contributed by atoms with van der Waals surface area (Å²) in [4.78, 5) is 12.4. The molecule has 0 saturated heterocycles. The molecule has 6 nitrogen and oxygen atoms in total. The zero-order valence-corrected chi connectivity index (χ0v) is 23.0. The van der Waals surface area contributed by atoms with Crippen LogP contribution in [0.5, 0.6) is 11.5 Å². The lowest BCUT2D eigenvalue weighted by Crippen LogP contribution is -2.21. The number of ether oxygens (including phenoxy) is 2. The third-order valence-electron chi connectivity index (χ3n) is 5.21. The van der Waals surface area contributed by atoms with E-state index in [9.17, 15) is 39.6 Å². The summed E-state index contributed by atoms with van der Waals surface area (Å²) in [6.45, 7) is 0. The predicted molar refractivity (Wildman–Crippen MR) is 138 cm³/mol. The minimum Gasteiger partial charge on any atom is -0.491 e. The molecule has 0 radical (unpaired) electrons. The summed E-state index contributed by atoms with van der Waals surface area (Å²) in [5.41, 5.74) is -0.400. The van der Waals surface area contributed by atoms with Gasteiger partial charge in [0, 0.05) is 15.0 Å². The molecule has 0 aliphatic carbocycles. The molecule has 0 fully saturated rings. The number of alkyl halides is 3. The summed E-state index contributed by atoms with van der Waals surface area (Å²) >= 11 is 3.82. The third-order valence-corrected chi connectivity index (χ3v) is 8.26. The number of hydrogen-bond donors (Lipinski definition) is 1. The highest BCUT2D eigenvalue weighted by atomic mass is 79.9. The van der Waals surface area contributed by atoms with Crippen LogP contribution in [0.2, 0.25) is 0 Å². The summed E-state index contributed by atoms with van der Waals surface area (Å²) in [5.74, 6) is -7.38. The summed E-state index contributed by atoms with van der Waals surface area (Å²) < 4.78 is 117. The Morgan fingerprint density at radius 2 is 1.70 bits per heavy atom. The van der Waals surface area contributed by atoms with Crippen LogP contribution in [-0.2, 0) is 10.0 Å². The van der Waals surface area contributed by atoms with Gasteiger partial charge in [-0.3, -0.25) is 9.52 Å². The van der Waals surface area contributed by atoms with Gasteiger partial charge >= 0.3 is 6.36 Å². The zero-order chi connectivity index (χ0) is 29.4. The van der Waals surface area contributed by atoms with Gasteiger partial charge < -0.3 is 9.47 Å². The lowest BCUT2D eigenvalue weighted by molar-refractivity contribution is -0.275. The number of hydrogen-bond acceptors (Lipinski definition) is 6. The number of methoxy groups -OCH3 is 1. The van der Waals surface area contributed by atoms with Crippen molar-refractivity contribution in [3.63, 3.8) is 0 Å². The SMILES string of the molecule is COc1c(F)c(F)cc(C(=O)c2ccc(-c3cccc(NS(=O)(=O)c4ccc(Br)cc4OC(F)(F)F)c3)s2)c1F. The van der Waals surface area contributed by atoms with Crippen LogP contribution in [0.3, 0.4) is 0 Å². The molecule has 0 saturated carbocycles. The molecule has 1 N–H and O–H groups in total. The van der Waals surface area contributed by atoms with E-state index in [1.165, 1.54) is 36.4 Å². The Balaban J connectivity index is 1.63. The molecule has 0 bridgehead atoms. The number of carbonyl (C=O) groups is 1. The quantitative estimate of drug-likeness (QED) is 0.120. The lowest BCUT2D eigenvalue weighted by atomic mass is 10.1. The van der Waals surface area contributed by atoms with E-state index < -0.39 is 61.6 Å². The van der Waals surface area contributed by atoms with Gasteiger partial charge in [0.25, 0.3) is 10.0 Å². The monoisotopic (exact) mass is 665 g/mol. The highest BCUT2D eigenvalue weighted by Crippen LogP contribution is 2.36. The molecule has 4 rings (SSSR count). The second-order valence-electron chi connectivity index (χ2n) is 7.89. The first kappa shape index (κ1) is 29.4. The molecule has 0 spiro atoms. The molecule has 0 unspecified atom stereocenters. The molecule has 4 aromatic rings. The first-order chi connectivity index (χ1) is 18.7. The van der Waals surface area contributed by atoms with Crippen molar-refractivity contribution in [1.29, 1.82) is 0 Å².